The highest BCUT2D eigenvalue weighted by Gasteiger charge is 2.18. The minimum Gasteiger partial charge on any atom is -0.341 e. The molecule has 2 aromatic rings. The third-order valence-corrected chi connectivity index (χ3v) is 7.17. The predicted octanol–water partition coefficient (Wildman–Crippen LogP) is 2.26. The molecule has 2 heterocycles. The number of likely N-dealkylation sites (N-methyl/N-ethyl adjacent to an activating group) is 1. The summed E-state index contributed by atoms with van der Waals surface area (Å²) in [6, 6.07) is 10.3. The van der Waals surface area contributed by atoms with E-state index in [1.54, 1.807) is 41.8 Å². The van der Waals surface area contributed by atoms with Gasteiger partial charge in [0.2, 0.25) is 5.91 Å². The van der Waals surface area contributed by atoms with Crippen LogP contribution in [0, 0.1) is 0 Å². The molecule has 3 rings (SSSR count). The fourth-order valence-electron chi connectivity index (χ4n) is 2.89. The molecule has 8 heteroatoms. The van der Waals surface area contributed by atoms with Gasteiger partial charge in [-0.1, -0.05) is 18.2 Å². The van der Waals surface area contributed by atoms with Gasteiger partial charge in [-0.25, -0.2) is 8.42 Å². The van der Waals surface area contributed by atoms with E-state index in [0.29, 0.717) is 12.1 Å². The van der Waals surface area contributed by atoms with Crippen LogP contribution in [-0.2, 0) is 21.2 Å². The van der Waals surface area contributed by atoms with Crippen molar-refractivity contribution >= 4 is 33.0 Å². The molecule has 1 saturated heterocycles. The maximum atomic E-state index is 12.5. The lowest BCUT2D eigenvalue weighted by molar-refractivity contribution is -0.130. The first-order valence-corrected chi connectivity index (χ1v) is 10.9. The molecule has 0 spiro atoms. The molecule has 1 amide bonds. The smallest absolute Gasteiger partial charge is 0.271 e. The minimum absolute atomic E-state index is 0.118. The van der Waals surface area contributed by atoms with E-state index in [2.05, 4.69) is 16.7 Å². The summed E-state index contributed by atoms with van der Waals surface area (Å²) in [6.45, 7) is 3.47. The number of hydrogen-bond donors (Lipinski definition) is 1. The Bertz CT molecular complexity index is 833. The van der Waals surface area contributed by atoms with Gasteiger partial charge in [-0.2, -0.15) is 0 Å². The zero-order valence-electron chi connectivity index (χ0n) is 14.7. The number of carbonyl (C=O) groups excluding carboxylic acids is 1. The number of thiophene rings is 1. The van der Waals surface area contributed by atoms with Gasteiger partial charge < -0.3 is 9.80 Å². The molecule has 1 N–H and O–H groups in total. The van der Waals surface area contributed by atoms with Crippen molar-refractivity contribution in [3.63, 3.8) is 0 Å². The van der Waals surface area contributed by atoms with Crippen LogP contribution >= 0.6 is 11.3 Å². The van der Waals surface area contributed by atoms with Gasteiger partial charge in [0.1, 0.15) is 4.21 Å². The van der Waals surface area contributed by atoms with Crippen LogP contribution in [0.4, 0.5) is 5.69 Å². The van der Waals surface area contributed by atoms with Crippen LogP contribution in [0.25, 0.3) is 0 Å². The number of rotatable bonds is 5. The fraction of sp³-hybridized carbons (Fsp3) is 0.389. The molecule has 0 unspecified atom stereocenters. The Morgan fingerprint density at radius 3 is 2.58 bits per heavy atom. The number of hydrogen-bond acceptors (Lipinski definition) is 5. The van der Waals surface area contributed by atoms with Crippen LogP contribution in [0.2, 0.25) is 0 Å². The molecule has 26 heavy (non-hydrogen) atoms. The van der Waals surface area contributed by atoms with Gasteiger partial charge in [0.25, 0.3) is 10.0 Å². The molecule has 0 radical (unpaired) electrons. The molecule has 1 aliphatic heterocycles. The zero-order valence-corrected chi connectivity index (χ0v) is 16.4. The Labute approximate surface area is 158 Å². The van der Waals surface area contributed by atoms with Crippen LogP contribution in [0.15, 0.2) is 46.0 Å². The second kappa shape index (κ2) is 8.20. The van der Waals surface area contributed by atoms with Crippen molar-refractivity contribution in [3.8, 4) is 0 Å². The monoisotopic (exact) mass is 393 g/mol. The first-order chi connectivity index (χ1) is 12.4. The van der Waals surface area contributed by atoms with Gasteiger partial charge in [-0.3, -0.25) is 9.52 Å². The molecule has 0 saturated carbocycles. The number of anilines is 1. The highest BCUT2D eigenvalue weighted by molar-refractivity contribution is 7.94. The first kappa shape index (κ1) is 18.9. The van der Waals surface area contributed by atoms with E-state index >= 15 is 0 Å². The summed E-state index contributed by atoms with van der Waals surface area (Å²) in [6.07, 6.45) is 1.33. The van der Waals surface area contributed by atoms with E-state index in [0.717, 1.165) is 38.2 Å². The Morgan fingerprint density at radius 1 is 1.12 bits per heavy atom. The van der Waals surface area contributed by atoms with E-state index in [4.69, 9.17) is 0 Å². The average Bonchev–Trinajstić information content (AvgIpc) is 3.07. The number of nitrogens with zero attached hydrogens (tertiary/aromatic N) is 2. The third kappa shape index (κ3) is 4.84. The summed E-state index contributed by atoms with van der Waals surface area (Å²) in [5.74, 6) is 0.118. The van der Waals surface area contributed by atoms with Crippen molar-refractivity contribution in [2.45, 2.75) is 17.1 Å². The maximum Gasteiger partial charge on any atom is 0.271 e. The molecule has 1 aromatic heterocycles. The van der Waals surface area contributed by atoms with Crippen molar-refractivity contribution in [1.29, 1.82) is 0 Å². The van der Waals surface area contributed by atoms with Crippen LogP contribution in [0.1, 0.15) is 12.0 Å². The maximum absolute atomic E-state index is 12.5. The molecular weight excluding hydrogens is 370 g/mol. The highest BCUT2D eigenvalue weighted by atomic mass is 32.2. The summed E-state index contributed by atoms with van der Waals surface area (Å²) >= 11 is 1.17. The number of sulfonamides is 1. The van der Waals surface area contributed by atoms with E-state index in [1.807, 2.05) is 4.90 Å². The van der Waals surface area contributed by atoms with Gasteiger partial charge in [0, 0.05) is 25.3 Å². The normalized spacial score (nSPS) is 16.3. The summed E-state index contributed by atoms with van der Waals surface area (Å²) in [5, 5.41) is 1.73. The van der Waals surface area contributed by atoms with E-state index in [1.165, 1.54) is 11.3 Å². The second-order valence-electron chi connectivity index (χ2n) is 6.45. The molecule has 140 valence electrons. The van der Waals surface area contributed by atoms with Gasteiger partial charge >= 0.3 is 0 Å². The quantitative estimate of drug-likeness (QED) is 0.846. The highest BCUT2D eigenvalue weighted by Crippen LogP contribution is 2.20. The molecule has 1 fully saturated rings. The van der Waals surface area contributed by atoms with Crippen molar-refractivity contribution in [2.24, 2.45) is 0 Å². The number of benzene rings is 1. The van der Waals surface area contributed by atoms with E-state index in [-0.39, 0.29) is 10.1 Å². The van der Waals surface area contributed by atoms with Crippen molar-refractivity contribution in [1.82, 2.24) is 9.80 Å². The van der Waals surface area contributed by atoms with Gasteiger partial charge in [0.05, 0.1) is 6.42 Å². The lowest BCUT2D eigenvalue weighted by Crippen LogP contribution is -2.35. The second-order valence-corrected chi connectivity index (χ2v) is 9.31. The average molecular weight is 394 g/mol. The Balaban J connectivity index is 1.60. The van der Waals surface area contributed by atoms with Crippen molar-refractivity contribution in [3.05, 3.63) is 47.3 Å². The SMILES string of the molecule is CN1CCCN(C(=O)Cc2ccc(NS(=O)(=O)c3cccs3)cc2)CC1. The Morgan fingerprint density at radius 2 is 1.88 bits per heavy atom. The predicted molar refractivity (Wildman–Crippen MR) is 104 cm³/mol. The Kier molecular flexibility index (Phi) is 5.95. The number of amides is 1. The molecule has 1 aromatic carbocycles. The molecular formula is C18H23N3O3S2. The molecule has 0 atom stereocenters. The molecule has 0 aliphatic carbocycles. The van der Waals surface area contributed by atoms with Gasteiger partial charge in [0.15, 0.2) is 0 Å². The standard InChI is InChI=1S/C18H23N3O3S2/c1-20-9-3-10-21(12-11-20)17(22)14-15-5-7-16(8-6-15)19-26(23,24)18-4-2-13-25-18/h2,4-8,13,19H,3,9-12,14H2,1H3. The molecule has 6 nitrogen and oxygen atoms in total. The third-order valence-electron chi connectivity index (χ3n) is 4.39. The molecule has 1 aliphatic rings. The van der Waals surface area contributed by atoms with Crippen LogP contribution in [-0.4, -0.2) is 57.4 Å². The largest absolute Gasteiger partial charge is 0.341 e. The van der Waals surface area contributed by atoms with Crippen LogP contribution in [0.3, 0.4) is 0 Å². The van der Waals surface area contributed by atoms with Gasteiger partial charge in [-0.05, 0) is 49.2 Å². The fourth-order valence-corrected chi connectivity index (χ4v) is 4.95. The topological polar surface area (TPSA) is 69.7 Å². The summed E-state index contributed by atoms with van der Waals surface area (Å²) in [4.78, 5) is 16.6. The summed E-state index contributed by atoms with van der Waals surface area (Å²) in [7, 11) is -1.47. The van der Waals surface area contributed by atoms with Crippen molar-refractivity contribution in [2.75, 3.05) is 37.9 Å². The number of nitrogens with one attached hydrogen (secondary N) is 1. The first-order valence-electron chi connectivity index (χ1n) is 8.56. The zero-order chi connectivity index (χ0) is 18.6. The number of carbonyl (C=O) groups is 1. The van der Waals surface area contributed by atoms with E-state index < -0.39 is 10.0 Å². The summed E-state index contributed by atoms with van der Waals surface area (Å²) < 4.78 is 27.3. The minimum atomic E-state index is -3.54. The lowest BCUT2D eigenvalue weighted by atomic mass is 10.1. The molecule has 0 bridgehead atoms. The van der Waals surface area contributed by atoms with Crippen LogP contribution < -0.4 is 4.72 Å². The van der Waals surface area contributed by atoms with Gasteiger partial charge in [-0.15, -0.1) is 11.3 Å². The summed E-state index contributed by atoms with van der Waals surface area (Å²) in [5.41, 5.74) is 1.37. The lowest BCUT2D eigenvalue weighted by Gasteiger charge is -2.20. The Hall–Kier alpha value is -1.90. The van der Waals surface area contributed by atoms with E-state index in [9.17, 15) is 13.2 Å². The van der Waals surface area contributed by atoms with Crippen molar-refractivity contribution < 1.29 is 13.2 Å². The van der Waals surface area contributed by atoms with Crippen LogP contribution in [0.5, 0.6) is 0 Å².